The van der Waals surface area contributed by atoms with Crippen molar-refractivity contribution in [3.8, 4) is 5.75 Å². The molecule has 2 N–H and O–H groups in total. The normalized spacial score (nSPS) is 15.0. The van der Waals surface area contributed by atoms with Crippen LogP contribution in [0, 0.1) is 5.92 Å². The Morgan fingerprint density at radius 2 is 1.65 bits per heavy atom. The third kappa shape index (κ3) is 7.07. The largest absolute Gasteiger partial charge is 0.496 e. The van der Waals surface area contributed by atoms with Crippen LogP contribution >= 0.6 is 0 Å². The zero-order valence-corrected chi connectivity index (χ0v) is 20.3. The van der Waals surface area contributed by atoms with Crippen LogP contribution in [-0.2, 0) is 20.8 Å². The van der Waals surface area contributed by atoms with Crippen molar-refractivity contribution in [1.29, 1.82) is 0 Å². The molecule has 0 radical (unpaired) electrons. The fourth-order valence-corrected chi connectivity index (χ4v) is 4.22. The summed E-state index contributed by atoms with van der Waals surface area (Å²) in [6.45, 7) is 5.10. The number of rotatable bonds is 9. The number of ether oxygens (including phenoxy) is 1. The van der Waals surface area contributed by atoms with E-state index in [9.17, 15) is 14.4 Å². The first-order valence-corrected chi connectivity index (χ1v) is 11.9. The molecule has 0 saturated carbocycles. The van der Waals surface area contributed by atoms with Crippen LogP contribution < -0.4 is 15.4 Å². The van der Waals surface area contributed by atoms with E-state index in [0.29, 0.717) is 44.5 Å². The summed E-state index contributed by atoms with van der Waals surface area (Å²) in [6, 6.07) is 16.0. The van der Waals surface area contributed by atoms with Gasteiger partial charge in [0.15, 0.2) is 0 Å². The molecule has 182 valence electrons. The van der Waals surface area contributed by atoms with Crippen molar-refractivity contribution < 1.29 is 19.1 Å². The van der Waals surface area contributed by atoms with Gasteiger partial charge in [-0.1, -0.05) is 62.4 Å². The lowest BCUT2D eigenvalue weighted by Crippen LogP contribution is -2.50. The number of carbonyl (C=O) groups excluding carboxylic acids is 3. The first kappa shape index (κ1) is 25.3. The number of nitrogens with one attached hydrogen (secondary N) is 2. The highest BCUT2D eigenvalue weighted by Crippen LogP contribution is 2.21. The number of nitrogens with zero attached hydrogens (tertiary/aromatic N) is 1. The summed E-state index contributed by atoms with van der Waals surface area (Å²) >= 11 is 0. The van der Waals surface area contributed by atoms with E-state index >= 15 is 0 Å². The van der Waals surface area contributed by atoms with Gasteiger partial charge in [0.1, 0.15) is 11.8 Å². The lowest BCUT2D eigenvalue weighted by Gasteiger charge is -2.33. The predicted octanol–water partition coefficient (Wildman–Crippen LogP) is 3.25. The van der Waals surface area contributed by atoms with Gasteiger partial charge < -0.3 is 20.3 Å². The summed E-state index contributed by atoms with van der Waals surface area (Å²) in [6.07, 6.45) is 2.00. The highest BCUT2D eigenvalue weighted by Gasteiger charge is 2.28. The van der Waals surface area contributed by atoms with E-state index in [2.05, 4.69) is 10.6 Å². The van der Waals surface area contributed by atoms with Gasteiger partial charge in [-0.25, -0.2) is 0 Å². The number of benzene rings is 2. The standard InChI is InChI=1S/C27H35N3O4/c1-19(2)17-24(31)29-26(20-9-5-4-6-10-20)27(33)28-22-13-15-30(16-14-22)25(32)18-21-11-7-8-12-23(21)34-3/h4-12,19,22,26H,13-18H2,1-3H3,(H,28,33)(H,29,31). The van der Waals surface area contributed by atoms with Crippen molar-refractivity contribution in [1.82, 2.24) is 15.5 Å². The zero-order valence-electron chi connectivity index (χ0n) is 20.3. The Balaban J connectivity index is 1.56. The zero-order chi connectivity index (χ0) is 24.5. The number of para-hydroxylation sites is 1. The molecule has 2 aromatic rings. The minimum atomic E-state index is -0.738. The Kier molecular flexibility index (Phi) is 9.08. The Morgan fingerprint density at radius 1 is 1.00 bits per heavy atom. The third-order valence-electron chi connectivity index (χ3n) is 6.02. The molecule has 34 heavy (non-hydrogen) atoms. The quantitative estimate of drug-likeness (QED) is 0.595. The molecule has 0 spiro atoms. The fraction of sp³-hybridized carbons (Fsp3) is 0.444. The van der Waals surface area contributed by atoms with Gasteiger partial charge in [-0.2, -0.15) is 0 Å². The molecule has 3 rings (SSSR count). The first-order chi connectivity index (χ1) is 16.4. The van der Waals surface area contributed by atoms with Crippen molar-refractivity contribution >= 4 is 17.7 Å². The first-order valence-electron chi connectivity index (χ1n) is 11.9. The van der Waals surface area contributed by atoms with Gasteiger partial charge in [0, 0.05) is 31.1 Å². The smallest absolute Gasteiger partial charge is 0.247 e. The van der Waals surface area contributed by atoms with Crippen LogP contribution in [0.4, 0.5) is 0 Å². The maximum Gasteiger partial charge on any atom is 0.247 e. The average molecular weight is 466 g/mol. The van der Waals surface area contributed by atoms with Crippen molar-refractivity contribution in [2.75, 3.05) is 20.2 Å². The van der Waals surface area contributed by atoms with E-state index in [1.807, 2.05) is 73.3 Å². The summed E-state index contributed by atoms with van der Waals surface area (Å²) in [4.78, 5) is 40.2. The molecule has 0 bridgehead atoms. The second-order valence-corrected chi connectivity index (χ2v) is 9.16. The van der Waals surface area contributed by atoms with Crippen molar-refractivity contribution in [3.63, 3.8) is 0 Å². The van der Waals surface area contributed by atoms with Crippen molar-refractivity contribution in [2.24, 2.45) is 5.92 Å². The van der Waals surface area contributed by atoms with Gasteiger partial charge in [-0.05, 0) is 30.4 Å². The van der Waals surface area contributed by atoms with Crippen LogP contribution in [0.1, 0.15) is 50.3 Å². The van der Waals surface area contributed by atoms with Crippen LogP contribution in [0.15, 0.2) is 54.6 Å². The van der Waals surface area contributed by atoms with Gasteiger partial charge in [-0.15, -0.1) is 0 Å². The number of carbonyl (C=O) groups is 3. The molecule has 0 aliphatic carbocycles. The lowest BCUT2D eigenvalue weighted by molar-refractivity contribution is -0.132. The monoisotopic (exact) mass is 465 g/mol. The molecule has 2 aromatic carbocycles. The molecule has 0 aromatic heterocycles. The highest BCUT2D eigenvalue weighted by atomic mass is 16.5. The second kappa shape index (κ2) is 12.2. The number of piperidine rings is 1. The Labute approximate surface area is 201 Å². The van der Waals surface area contributed by atoms with Crippen LogP contribution in [0.3, 0.4) is 0 Å². The molecule has 1 atom stereocenters. The van der Waals surface area contributed by atoms with Crippen LogP contribution in [0.2, 0.25) is 0 Å². The molecule has 1 saturated heterocycles. The minimum absolute atomic E-state index is 0.0453. The van der Waals surface area contributed by atoms with Crippen molar-refractivity contribution in [3.05, 3.63) is 65.7 Å². The van der Waals surface area contributed by atoms with E-state index in [1.54, 1.807) is 7.11 Å². The van der Waals surface area contributed by atoms with E-state index in [0.717, 1.165) is 11.1 Å². The topological polar surface area (TPSA) is 87.7 Å². The maximum absolute atomic E-state index is 13.1. The van der Waals surface area contributed by atoms with E-state index in [4.69, 9.17) is 4.74 Å². The Bertz CT molecular complexity index is 969. The summed E-state index contributed by atoms with van der Waals surface area (Å²) in [7, 11) is 1.60. The molecular formula is C27H35N3O4. The molecule has 1 heterocycles. The molecule has 1 aliphatic rings. The van der Waals surface area contributed by atoms with Crippen LogP contribution in [0.5, 0.6) is 5.75 Å². The Hall–Kier alpha value is -3.35. The second-order valence-electron chi connectivity index (χ2n) is 9.16. The van der Waals surface area contributed by atoms with Crippen LogP contribution in [0.25, 0.3) is 0 Å². The predicted molar refractivity (Wildman–Crippen MR) is 131 cm³/mol. The van der Waals surface area contributed by atoms with E-state index in [1.165, 1.54) is 0 Å². The molecular weight excluding hydrogens is 430 g/mol. The number of amides is 3. The van der Waals surface area contributed by atoms with Crippen LogP contribution in [-0.4, -0.2) is 48.9 Å². The molecule has 7 nitrogen and oxygen atoms in total. The summed E-state index contributed by atoms with van der Waals surface area (Å²) < 4.78 is 5.35. The number of methoxy groups -OCH3 is 1. The molecule has 1 aliphatic heterocycles. The van der Waals surface area contributed by atoms with Gasteiger partial charge >= 0.3 is 0 Å². The summed E-state index contributed by atoms with van der Waals surface area (Å²) in [5.74, 6) is 0.608. The highest BCUT2D eigenvalue weighted by molar-refractivity contribution is 5.89. The summed E-state index contributed by atoms with van der Waals surface area (Å²) in [5, 5.41) is 5.98. The molecule has 1 fully saturated rings. The van der Waals surface area contributed by atoms with Gasteiger partial charge in [0.05, 0.1) is 13.5 Å². The third-order valence-corrected chi connectivity index (χ3v) is 6.02. The number of hydrogen-bond acceptors (Lipinski definition) is 4. The molecule has 1 unspecified atom stereocenters. The van der Waals surface area contributed by atoms with Gasteiger partial charge in [0.25, 0.3) is 0 Å². The molecule has 7 heteroatoms. The minimum Gasteiger partial charge on any atom is -0.496 e. The summed E-state index contributed by atoms with van der Waals surface area (Å²) in [5.41, 5.74) is 1.62. The number of likely N-dealkylation sites (tertiary alicyclic amines) is 1. The van der Waals surface area contributed by atoms with E-state index < -0.39 is 6.04 Å². The SMILES string of the molecule is COc1ccccc1CC(=O)N1CCC(NC(=O)C(NC(=O)CC(C)C)c2ccccc2)CC1. The van der Waals surface area contributed by atoms with Gasteiger partial charge in [0.2, 0.25) is 17.7 Å². The fourth-order valence-electron chi connectivity index (χ4n) is 4.22. The Morgan fingerprint density at radius 3 is 2.29 bits per heavy atom. The van der Waals surface area contributed by atoms with E-state index in [-0.39, 0.29) is 29.7 Å². The number of hydrogen-bond donors (Lipinski definition) is 2. The maximum atomic E-state index is 13.1. The lowest BCUT2D eigenvalue weighted by atomic mass is 10.0. The van der Waals surface area contributed by atoms with Gasteiger partial charge in [-0.3, -0.25) is 14.4 Å². The molecule has 3 amide bonds. The van der Waals surface area contributed by atoms with Crippen molar-refractivity contribution in [2.45, 2.75) is 51.6 Å². The average Bonchev–Trinajstić information content (AvgIpc) is 2.83.